The van der Waals surface area contributed by atoms with Crippen LogP contribution in [0.25, 0.3) is 0 Å². The highest BCUT2D eigenvalue weighted by molar-refractivity contribution is 7.99. The Morgan fingerprint density at radius 3 is 1.86 bits per heavy atom. The first kappa shape index (κ1) is 31.5. The van der Waals surface area contributed by atoms with Crippen molar-refractivity contribution in [2.24, 2.45) is 0 Å². The second kappa shape index (κ2) is 14.3. The van der Waals surface area contributed by atoms with Gasteiger partial charge in [-0.3, -0.25) is 19.2 Å². The average Bonchev–Trinajstić information content (AvgIpc) is 2.71. The van der Waals surface area contributed by atoms with Gasteiger partial charge in [0.15, 0.2) is 18.3 Å². The van der Waals surface area contributed by atoms with Gasteiger partial charge in [0.1, 0.15) is 23.7 Å². The number of carbonyl (C=O) groups excluding carboxylic acids is 5. The van der Waals surface area contributed by atoms with E-state index < -0.39 is 65.4 Å². The van der Waals surface area contributed by atoms with E-state index in [0.717, 1.165) is 6.92 Å². The molecule has 1 heterocycles. The Kier molecular flexibility index (Phi) is 12.5. The maximum atomic E-state index is 12.2. The number of hydrogen-bond acceptors (Lipinski definition) is 12. The van der Waals surface area contributed by atoms with Crippen LogP contribution in [0, 0.1) is 0 Å². The summed E-state index contributed by atoms with van der Waals surface area (Å²) in [5.41, 5.74) is -1.47. The number of thioether (sulfide) groups is 1. The van der Waals surface area contributed by atoms with Gasteiger partial charge in [0, 0.05) is 41.3 Å². The molecule has 1 saturated heterocycles. The Labute approximate surface area is 215 Å². The number of hydrogen-bond donors (Lipinski definition) is 0. The van der Waals surface area contributed by atoms with E-state index in [1.165, 1.54) is 37.4 Å². The van der Waals surface area contributed by atoms with E-state index in [-0.39, 0.29) is 6.61 Å². The van der Waals surface area contributed by atoms with Gasteiger partial charge in [0.05, 0.1) is 0 Å². The molecule has 12 nitrogen and oxygen atoms in total. The molecule has 4 unspecified atom stereocenters. The van der Waals surface area contributed by atoms with Crippen LogP contribution in [0.3, 0.4) is 0 Å². The molecule has 5 atom stereocenters. The highest BCUT2D eigenvalue weighted by Crippen LogP contribution is 2.34. The molecule has 1 aliphatic heterocycles. The molecule has 0 radical (unpaired) electrons. The second-order valence-corrected chi connectivity index (χ2v) is 10.4. The molecule has 0 aromatic heterocycles. The van der Waals surface area contributed by atoms with Crippen molar-refractivity contribution in [3.05, 3.63) is 0 Å². The number of nitrogens with zero attached hydrogens (tertiary/aromatic N) is 1. The van der Waals surface area contributed by atoms with E-state index in [9.17, 15) is 24.0 Å². The molecular weight excluding hydrogens is 498 g/mol. The molecule has 36 heavy (non-hydrogen) atoms. The van der Waals surface area contributed by atoms with Crippen LogP contribution in [0.4, 0.5) is 4.79 Å². The third kappa shape index (κ3) is 11.5. The lowest BCUT2D eigenvalue weighted by molar-refractivity contribution is -0.237. The summed E-state index contributed by atoms with van der Waals surface area (Å²) in [5, 5.41) is 0. The maximum absolute atomic E-state index is 12.2. The van der Waals surface area contributed by atoms with Crippen LogP contribution in [0.2, 0.25) is 0 Å². The van der Waals surface area contributed by atoms with Crippen molar-refractivity contribution in [3.8, 4) is 0 Å². The molecule has 13 heteroatoms. The topological polar surface area (TPSA) is 144 Å². The van der Waals surface area contributed by atoms with Gasteiger partial charge in [0.25, 0.3) is 0 Å². The Morgan fingerprint density at radius 1 is 0.833 bits per heavy atom. The minimum atomic E-state index is -1.20. The molecule has 0 aliphatic carbocycles. The molecule has 1 fully saturated rings. The van der Waals surface area contributed by atoms with Gasteiger partial charge in [-0.2, -0.15) is 0 Å². The quantitative estimate of drug-likeness (QED) is 0.229. The van der Waals surface area contributed by atoms with Gasteiger partial charge in [-0.15, -0.1) is 11.8 Å². The van der Waals surface area contributed by atoms with Crippen molar-refractivity contribution >= 4 is 41.7 Å². The summed E-state index contributed by atoms with van der Waals surface area (Å²) in [6.45, 7) is 10.2. The molecular formula is C23H37NO11S. The Balaban J connectivity index is 3.03. The molecule has 0 spiro atoms. The van der Waals surface area contributed by atoms with Crippen molar-refractivity contribution < 1.29 is 52.4 Å². The zero-order valence-electron chi connectivity index (χ0n) is 22.1. The highest BCUT2D eigenvalue weighted by atomic mass is 32.2. The third-order valence-electron chi connectivity index (χ3n) is 4.57. The summed E-state index contributed by atoms with van der Waals surface area (Å²) in [7, 11) is 1.62. The predicted molar refractivity (Wildman–Crippen MR) is 128 cm³/mol. The Bertz CT molecular complexity index is 797. The van der Waals surface area contributed by atoms with Gasteiger partial charge in [0.2, 0.25) is 0 Å². The summed E-state index contributed by atoms with van der Waals surface area (Å²) in [6, 6.07) is 0. The first-order chi connectivity index (χ1) is 16.6. The third-order valence-corrected chi connectivity index (χ3v) is 5.81. The normalized spacial score (nSPS) is 23.7. The number of carbonyl (C=O) groups is 5. The van der Waals surface area contributed by atoms with E-state index in [1.54, 1.807) is 27.8 Å². The van der Waals surface area contributed by atoms with Crippen LogP contribution in [0.15, 0.2) is 0 Å². The van der Waals surface area contributed by atoms with Crippen LogP contribution < -0.4 is 0 Å². The largest absolute Gasteiger partial charge is 0.463 e. The van der Waals surface area contributed by atoms with Crippen LogP contribution in [0.1, 0.15) is 54.9 Å². The van der Waals surface area contributed by atoms with Crippen molar-refractivity contribution in [1.82, 2.24) is 4.90 Å². The van der Waals surface area contributed by atoms with Crippen molar-refractivity contribution in [2.45, 2.75) is 90.3 Å². The summed E-state index contributed by atoms with van der Waals surface area (Å²) in [6.07, 6.45) is -4.42. The highest BCUT2D eigenvalue weighted by Gasteiger charge is 2.52. The van der Waals surface area contributed by atoms with Gasteiger partial charge in [-0.1, -0.05) is 0 Å². The smallest absolute Gasteiger partial charge is 0.410 e. The van der Waals surface area contributed by atoms with Crippen molar-refractivity contribution in [2.75, 3.05) is 26.0 Å². The van der Waals surface area contributed by atoms with E-state index in [2.05, 4.69) is 0 Å². The lowest BCUT2D eigenvalue weighted by Crippen LogP contribution is -2.61. The summed E-state index contributed by atoms with van der Waals surface area (Å²) < 4.78 is 32.6. The van der Waals surface area contributed by atoms with Crippen molar-refractivity contribution in [1.29, 1.82) is 0 Å². The maximum Gasteiger partial charge on any atom is 0.410 e. The van der Waals surface area contributed by atoms with Crippen LogP contribution in [-0.2, 0) is 47.6 Å². The fourth-order valence-corrected chi connectivity index (χ4v) is 4.40. The Hall–Kier alpha value is -2.54. The summed E-state index contributed by atoms with van der Waals surface area (Å²) in [4.78, 5) is 60.5. The van der Waals surface area contributed by atoms with E-state index in [1.807, 2.05) is 0 Å². The molecule has 0 saturated carbocycles. The SMILES string of the molecule is CC(=O)OCC1O[C@@H](SCCCN(C)C(=O)OC(C)(C)C)C(OC(C)=O)C(OC(C)=O)C1OC(C)=O. The predicted octanol–water partition coefficient (Wildman–Crippen LogP) is 2.06. The zero-order chi connectivity index (χ0) is 27.6. The molecule has 0 aromatic rings. The second-order valence-electron chi connectivity index (χ2n) is 9.19. The average molecular weight is 536 g/mol. The molecule has 1 rings (SSSR count). The van der Waals surface area contributed by atoms with E-state index in [0.29, 0.717) is 18.7 Å². The van der Waals surface area contributed by atoms with E-state index in [4.69, 9.17) is 28.4 Å². The van der Waals surface area contributed by atoms with Gasteiger partial charge in [-0.05, 0) is 32.9 Å². The lowest BCUT2D eigenvalue weighted by Gasteiger charge is -2.44. The number of amides is 1. The molecule has 0 aromatic carbocycles. The molecule has 0 bridgehead atoms. The lowest BCUT2D eigenvalue weighted by atomic mass is 9.99. The first-order valence-electron chi connectivity index (χ1n) is 11.5. The minimum Gasteiger partial charge on any atom is -0.463 e. The number of ether oxygens (including phenoxy) is 6. The van der Waals surface area contributed by atoms with Crippen molar-refractivity contribution in [3.63, 3.8) is 0 Å². The minimum absolute atomic E-state index is 0.281. The fourth-order valence-electron chi connectivity index (χ4n) is 3.26. The van der Waals surface area contributed by atoms with Gasteiger partial charge >= 0.3 is 30.0 Å². The summed E-state index contributed by atoms with van der Waals surface area (Å²) >= 11 is 1.25. The number of rotatable bonds is 10. The molecule has 1 aliphatic rings. The molecule has 0 N–H and O–H groups in total. The zero-order valence-corrected chi connectivity index (χ0v) is 22.9. The molecule has 1 amide bonds. The standard InChI is InChI=1S/C23H37NO11S/c1-13(25)30-12-17-18(31-14(2)26)19(32-15(3)27)20(33-16(4)28)21(34-17)36-11-9-10-24(8)22(29)35-23(5,6)7/h17-21H,9-12H2,1-8H3/t17?,18?,19?,20?,21-/m0/s1. The monoisotopic (exact) mass is 535 g/mol. The van der Waals surface area contributed by atoms with Crippen LogP contribution in [-0.4, -0.2) is 96.3 Å². The summed E-state index contributed by atoms with van der Waals surface area (Å²) in [5.74, 6) is -2.16. The van der Waals surface area contributed by atoms with Gasteiger partial charge in [-0.25, -0.2) is 4.79 Å². The number of esters is 4. The first-order valence-corrected chi connectivity index (χ1v) is 12.5. The van der Waals surface area contributed by atoms with Crippen LogP contribution in [0.5, 0.6) is 0 Å². The van der Waals surface area contributed by atoms with E-state index >= 15 is 0 Å². The Morgan fingerprint density at radius 2 is 1.36 bits per heavy atom. The van der Waals surface area contributed by atoms with Gasteiger partial charge < -0.3 is 33.3 Å². The molecule has 206 valence electrons. The van der Waals surface area contributed by atoms with Crippen LogP contribution >= 0.6 is 11.8 Å². The fraction of sp³-hybridized carbons (Fsp3) is 0.783.